The molecule has 1 fully saturated rings. The first-order chi connectivity index (χ1) is 6.93. The van der Waals surface area contributed by atoms with Crippen LogP contribution >= 0.6 is 11.6 Å². The summed E-state index contributed by atoms with van der Waals surface area (Å²) in [6, 6.07) is 9.96. The summed E-state index contributed by atoms with van der Waals surface area (Å²) in [5.41, 5.74) is 1.18. The minimum Gasteiger partial charge on any atom is -0.314 e. The van der Waals surface area contributed by atoms with Crippen molar-refractivity contribution >= 4 is 11.6 Å². The molecule has 0 bridgehead atoms. The van der Waals surface area contributed by atoms with E-state index in [9.17, 15) is 0 Å². The van der Waals surface area contributed by atoms with Crippen molar-refractivity contribution in [1.29, 1.82) is 0 Å². The van der Waals surface area contributed by atoms with Gasteiger partial charge in [0.25, 0.3) is 0 Å². The third kappa shape index (κ3) is 5.22. The molecule has 0 unspecified atom stereocenters. The molecule has 1 heterocycles. The third-order valence-corrected chi connectivity index (χ3v) is 2.26. The molecular formula is C11H17ClN2. The summed E-state index contributed by atoms with van der Waals surface area (Å²) in [5, 5.41) is 6.44. The number of halogens is 1. The Morgan fingerprint density at radius 1 is 0.929 bits per heavy atom. The van der Waals surface area contributed by atoms with Gasteiger partial charge in [-0.2, -0.15) is 0 Å². The molecule has 1 aliphatic rings. The molecule has 2 rings (SSSR count). The summed E-state index contributed by atoms with van der Waals surface area (Å²) < 4.78 is 0. The van der Waals surface area contributed by atoms with Crippen LogP contribution in [0.2, 0.25) is 0 Å². The fraction of sp³-hybridized carbons (Fsp3) is 0.455. The maximum Gasteiger partial charge on any atom is 0.0474 e. The average Bonchev–Trinajstić information content (AvgIpc) is 2.33. The topological polar surface area (TPSA) is 24.1 Å². The van der Waals surface area contributed by atoms with Crippen LogP contribution in [0.15, 0.2) is 30.3 Å². The van der Waals surface area contributed by atoms with Crippen LogP contribution in [0.25, 0.3) is 0 Å². The zero-order valence-electron chi connectivity index (χ0n) is 8.30. The van der Waals surface area contributed by atoms with Crippen LogP contribution in [0.5, 0.6) is 0 Å². The predicted molar refractivity (Wildman–Crippen MR) is 61.7 cm³/mol. The molecule has 78 valence electrons. The van der Waals surface area contributed by atoms with E-state index in [-0.39, 0.29) is 0 Å². The summed E-state index contributed by atoms with van der Waals surface area (Å²) in [4.78, 5) is 0. The van der Waals surface area contributed by atoms with E-state index >= 15 is 0 Å². The molecule has 1 aromatic carbocycles. The molecule has 3 heteroatoms. The molecule has 0 radical (unpaired) electrons. The van der Waals surface area contributed by atoms with Crippen molar-refractivity contribution in [1.82, 2.24) is 10.6 Å². The van der Waals surface area contributed by atoms with Crippen molar-refractivity contribution in [3.63, 3.8) is 0 Å². The zero-order valence-corrected chi connectivity index (χ0v) is 9.06. The normalized spacial score (nSPS) is 15.5. The van der Waals surface area contributed by atoms with E-state index in [2.05, 4.69) is 10.6 Å². The van der Waals surface area contributed by atoms with Crippen molar-refractivity contribution in [2.45, 2.75) is 5.88 Å². The third-order valence-electron chi connectivity index (χ3n) is 1.95. The van der Waals surface area contributed by atoms with Crippen LogP contribution in [0, 0.1) is 0 Å². The Balaban J connectivity index is 0.000000146. The average molecular weight is 213 g/mol. The number of hydrogen-bond donors (Lipinski definition) is 2. The van der Waals surface area contributed by atoms with E-state index < -0.39 is 0 Å². The monoisotopic (exact) mass is 212 g/mol. The number of alkyl halides is 1. The Morgan fingerprint density at radius 3 is 1.71 bits per heavy atom. The molecule has 2 N–H and O–H groups in total. The van der Waals surface area contributed by atoms with Gasteiger partial charge in [-0.15, -0.1) is 11.6 Å². The van der Waals surface area contributed by atoms with E-state index in [1.807, 2.05) is 30.3 Å². The molecule has 1 aliphatic heterocycles. The van der Waals surface area contributed by atoms with Crippen LogP contribution in [-0.2, 0) is 5.88 Å². The van der Waals surface area contributed by atoms with Crippen molar-refractivity contribution in [2.75, 3.05) is 26.2 Å². The van der Waals surface area contributed by atoms with Gasteiger partial charge in [0, 0.05) is 32.1 Å². The van der Waals surface area contributed by atoms with Gasteiger partial charge < -0.3 is 10.6 Å². The highest BCUT2D eigenvalue weighted by atomic mass is 35.5. The molecule has 0 spiro atoms. The Labute approximate surface area is 90.7 Å². The second kappa shape index (κ2) is 7.80. The largest absolute Gasteiger partial charge is 0.314 e. The lowest BCUT2D eigenvalue weighted by Crippen LogP contribution is -2.39. The highest BCUT2D eigenvalue weighted by Crippen LogP contribution is 2.00. The van der Waals surface area contributed by atoms with Crippen molar-refractivity contribution < 1.29 is 0 Å². The molecule has 2 nitrogen and oxygen atoms in total. The van der Waals surface area contributed by atoms with Gasteiger partial charge in [-0.05, 0) is 5.56 Å². The molecule has 1 aromatic rings. The summed E-state index contributed by atoms with van der Waals surface area (Å²) in [7, 11) is 0. The fourth-order valence-corrected chi connectivity index (χ4v) is 1.35. The molecule has 14 heavy (non-hydrogen) atoms. The second-order valence-corrected chi connectivity index (χ2v) is 3.39. The summed E-state index contributed by atoms with van der Waals surface area (Å²) >= 11 is 5.53. The Kier molecular flexibility index (Phi) is 6.41. The smallest absolute Gasteiger partial charge is 0.0474 e. The highest BCUT2D eigenvalue weighted by Gasteiger charge is 1.91. The Morgan fingerprint density at radius 2 is 1.43 bits per heavy atom. The predicted octanol–water partition coefficient (Wildman–Crippen LogP) is 1.60. The summed E-state index contributed by atoms with van der Waals surface area (Å²) in [6.07, 6.45) is 0. The van der Waals surface area contributed by atoms with E-state index in [0.29, 0.717) is 5.88 Å². The lowest BCUT2D eigenvalue weighted by molar-refractivity contribution is 0.534. The van der Waals surface area contributed by atoms with Gasteiger partial charge in [0.15, 0.2) is 0 Å². The van der Waals surface area contributed by atoms with Crippen LogP contribution in [-0.4, -0.2) is 26.2 Å². The van der Waals surface area contributed by atoms with Crippen molar-refractivity contribution in [2.24, 2.45) is 0 Å². The fourth-order valence-electron chi connectivity index (χ4n) is 1.17. The van der Waals surface area contributed by atoms with Crippen LogP contribution in [0.4, 0.5) is 0 Å². The zero-order chi connectivity index (χ0) is 10.1. The van der Waals surface area contributed by atoms with Gasteiger partial charge in [-0.1, -0.05) is 30.3 Å². The molecular weight excluding hydrogens is 196 g/mol. The van der Waals surface area contributed by atoms with Gasteiger partial charge in [0.2, 0.25) is 0 Å². The lowest BCUT2D eigenvalue weighted by Gasteiger charge is -2.11. The first-order valence-corrected chi connectivity index (χ1v) is 5.48. The lowest BCUT2D eigenvalue weighted by atomic mass is 10.2. The van der Waals surface area contributed by atoms with E-state index in [4.69, 9.17) is 11.6 Å². The highest BCUT2D eigenvalue weighted by molar-refractivity contribution is 6.17. The van der Waals surface area contributed by atoms with Gasteiger partial charge in [0.1, 0.15) is 0 Å². The van der Waals surface area contributed by atoms with Gasteiger partial charge >= 0.3 is 0 Å². The molecule has 0 saturated carbocycles. The quantitative estimate of drug-likeness (QED) is 0.692. The van der Waals surface area contributed by atoms with E-state index in [1.54, 1.807) is 0 Å². The molecule has 0 atom stereocenters. The van der Waals surface area contributed by atoms with Crippen molar-refractivity contribution in [3.05, 3.63) is 35.9 Å². The first-order valence-electron chi connectivity index (χ1n) is 4.95. The standard InChI is InChI=1S/C7H7Cl.C4H10N2/c8-6-7-4-2-1-3-5-7;1-2-6-4-3-5-1/h1-5H,6H2;5-6H,1-4H2. The number of benzene rings is 1. The minimum absolute atomic E-state index is 0.612. The Hall–Kier alpha value is -0.570. The Bertz CT molecular complexity index is 210. The van der Waals surface area contributed by atoms with Gasteiger partial charge in [-0.25, -0.2) is 0 Å². The van der Waals surface area contributed by atoms with Crippen molar-refractivity contribution in [3.8, 4) is 0 Å². The van der Waals surface area contributed by atoms with Crippen LogP contribution < -0.4 is 10.6 Å². The summed E-state index contributed by atoms with van der Waals surface area (Å²) in [6.45, 7) is 4.56. The maximum atomic E-state index is 5.53. The summed E-state index contributed by atoms with van der Waals surface area (Å²) in [5.74, 6) is 0.612. The number of rotatable bonds is 1. The SMILES string of the molecule is C1CNCCN1.ClCc1ccccc1. The van der Waals surface area contributed by atoms with E-state index in [0.717, 1.165) is 26.2 Å². The molecule has 0 aliphatic carbocycles. The minimum atomic E-state index is 0.612. The van der Waals surface area contributed by atoms with Crippen LogP contribution in [0.3, 0.4) is 0 Å². The number of hydrogen-bond acceptors (Lipinski definition) is 2. The molecule has 1 saturated heterocycles. The van der Waals surface area contributed by atoms with E-state index in [1.165, 1.54) is 5.56 Å². The second-order valence-electron chi connectivity index (χ2n) is 3.12. The molecule has 0 amide bonds. The van der Waals surface area contributed by atoms with Gasteiger partial charge in [-0.3, -0.25) is 0 Å². The number of piperazine rings is 1. The first kappa shape index (κ1) is 11.5. The van der Waals surface area contributed by atoms with Crippen LogP contribution in [0.1, 0.15) is 5.56 Å². The number of nitrogens with one attached hydrogen (secondary N) is 2. The maximum absolute atomic E-state index is 5.53. The van der Waals surface area contributed by atoms with Gasteiger partial charge in [0.05, 0.1) is 0 Å². The molecule has 0 aromatic heterocycles.